The first-order chi connectivity index (χ1) is 55.5. The molecule has 0 unspecified atom stereocenters. The van der Waals surface area contributed by atoms with Crippen molar-refractivity contribution in [1.82, 2.24) is 18.3 Å². The summed E-state index contributed by atoms with van der Waals surface area (Å²) in [6.45, 7) is 0. The van der Waals surface area contributed by atoms with Gasteiger partial charge in [-0.2, -0.15) is 0 Å². The fourth-order valence-corrected chi connectivity index (χ4v) is 17.4. The molecule has 0 spiro atoms. The molecular weight excluding hydrogens is 1350 g/mol. The average Bonchev–Trinajstić information content (AvgIpc) is 1.60. The van der Waals surface area contributed by atoms with Crippen LogP contribution in [0.15, 0.2) is 437 Å². The number of nitrogens with zero attached hydrogens (tertiary/aromatic N) is 4. The highest BCUT2D eigenvalue weighted by Crippen LogP contribution is 2.44. The topological polar surface area (TPSA) is 19.7 Å². The molecule has 0 saturated carbocycles. The molecule has 0 aliphatic heterocycles. The van der Waals surface area contributed by atoms with Crippen molar-refractivity contribution in [3.05, 3.63) is 437 Å². The summed E-state index contributed by atoms with van der Waals surface area (Å²) >= 11 is 0. The van der Waals surface area contributed by atoms with Gasteiger partial charge in [0.1, 0.15) is 0 Å². The molecule has 112 heavy (non-hydrogen) atoms. The standard InChI is InChI=1S/2C54H36N2/c1-4-15-37(16-5-1)40-21-14-22-43(33-40)56-51-25-12-10-23-46(51)48-30-27-42(35-54(48)56)41-28-32-53-50(34-41)47-24-11-13-26-52(47)55(53)44-29-31-45(38-17-6-2-7-18-38)49(36-44)39-19-8-3-9-20-39;1-4-15-37(16-5-1)40-21-14-22-45(32-40)55-51-25-12-10-23-47(51)49-29-27-42(36-54(49)55)41-28-30-53-50(35-41)48-24-11-13-26-52(48)56(53)46-33-43(38-17-6-2-7-18-38)31-44(34-46)39-19-8-3-9-20-39/h2*1-36H. The van der Waals surface area contributed by atoms with E-state index in [1.807, 2.05) is 0 Å². The first-order valence-electron chi connectivity index (χ1n) is 38.5. The van der Waals surface area contributed by atoms with Gasteiger partial charge in [-0.25, -0.2) is 0 Å². The second-order valence-electron chi connectivity index (χ2n) is 29.1. The fraction of sp³-hybridized carbons (Fsp3) is 0. The zero-order chi connectivity index (χ0) is 74.0. The van der Waals surface area contributed by atoms with Crippen LogP contribution < -0.4 is 0 Å². The van der Waals surface area contributed by atoms with Crippen molar-refractivity contribution in [1.29, 1.82) is 0 Å². The maximum Gasteiger partial charge on any atom is 0.0547 e. The smallest absolute Gasteiger partial charge is 0.0547 e. The van der Waals surface area contributed by atoms with Crippen LogP contribution in [0.1, 0.15) is 0 Å². The van der Waals surface area contributed by atoms with E-state index in [9.17, 15) is 0 Å². The molecule has 0 fully saturated rings. The van der Waals surface area contributed by atoms with Crippen LogP contribution in [-0.2, 0) is 0 Å². The van der Waals surface area contributed by atoms with E-state index in [0.29, 0.717) is 0 Å². The molecule has 0 N–H and O–H groups in total. The van der Waals surface area contributed by atoms with Crippen LogP contribution in [0, 0.1) is 0 Å². The van der Waals surface area contributed by atoms with E-state index in [2.05, 4.69) is 455 Å². The molecule has 4 nitrogen and oxygen atoms in total. The highest BCUT2D eigenvalue weighted by Gasteiger charge is 2.22. The minimum atomic E-state index is 1.14. The SMILES string of the molecule is c1ccc(-c2cccc(-n3c4ccccc4c4ccc(-c5ccc6c(c5)c5ccccc5n6-c5cc(-c6ccccc6)cc(-c6ccccc6)c5)cc43)c2)cc1.c1ccc(-c2cccc(-n3c4ccccc4c4ccc(-c5ccc6c(c5)c5ccccc5n6-c5ccc(-c6ccccc6)c(-c6ccccc6)c5)cc43)c2)cc1. The lowest BCUT2D eigenvalue weighted by atomic mass is 9.94. The highest BCUT2D eigenvalue weighted by atomic mass is 15.0. The summed E-state index contributed by atoms with van der Waals surface area (Å²) < 4.78 is 9.72. The predicted octanol–water partition coefficient (Wildman–Crippen LogP) is 29.1. The van der Waals surface area contributed by atoms with E-state index in [1.54, 1.807) is 0 Å². The molecule has 4 heteroatoms. The molecule has 524 valence electrons. The summed E-state index contributed by atoms with van der Waals surface area (Å²) in [4.78, 5) is 0. The maximum absolute atomic E-state index is 2.44. The molecular formula is C108H72N4. The van der Waals surface area contributed by atoms with Crippen molar-refractivity contribution in [2.24, 2.45) is 0 Å². The zero-order valence-corrected chi connectivity index (χ0v) is 61.4. The number of hydrogen-bond donors (Lipinski definition) is 0. The van der Waals surface area contributed by atoms with Gasteiger partial charge in [-0.1, -0.05) is 322 Å². The van der Waals surface area contributed by atoms with Gasteiger partial charge in [0, 0.05) is 65.8 Å². The Morgan fingerprint density at radius 2 is 0.375 bits per heavy atom. The van der Waals surface area contributed by atoms with Crippen LogP contribution in [0.5, 0.6) is 0 Å². The molecule has 18 aromatic carbocycles. The quantitative estimate of drug-likeness (QED) is 0.116. The Bertz CT molecular complexity index is 7270. The van der Waals surface area contributed by atoms with Gasteiger partial charge in [-0.3, -0.25) is 0 Å². The van der Waals surface area contributed by atoms with Crippen molar-refractivity contribution in [2.45, 2.75) is 0 Å². The Hall–Kier alpha value is -14.8. The summed E-state index contributed by atoms with van der Waals surface area (Å²) in [5, 5.41) is 9.97. The fourth-order valence-electron chi connectivity index (χ4n) is 17.4. The molecule has 22 rings (SSSR count). The van der Waals surface area contributed by atoms with Crippen LogP contribution in [-0.4, -0.2) is 18.3 Å². The van der Waals surface area contributed by atoms with E-state index < -0.39 is 0 Å². The van der Waals surface area contributed by atoms with E-state index in [-0.39, 0.29) is 0 Å². The second kappa shape index (κ2) is 27.7. The molecule has 4 aromatic heterocycles. The number of rotatable bonds is 12. The van der Waals surface area contributed by atoms with Crippen LogP contribution in [0.3, 0.4) is 0 Å². The lowest BCUT2D eigenvalue weighted by Gasteiger charge is -2.15. The molecule has 0 aliphatic rings. The molecule has 0 bridgehead atoms. The van der Waals surface area contributed by atoms with Gasteiger partial charge < -0.3 is 18.3 Å². The van der Waals surface area contributed by atoms with Crippen LogP contribution in [0.4, 0.5) is 0 Å². The van der Waals surface area contributed by atoms with Crippen LogP contribution >= 0.6 is 0 Å². The third-order valence-electron chi connectivity index (χ3n) is 22.6. The van der Waals surface area contributed by atoms with Crippen molar-refractivity contribution in [3.8, 4) is 112 Å². The monoisotopic (exact) mass is 1420 g/mol. The first kappa shape index (κ1) is 65.5. The zero-order valence-electron chi connectivity index (χ0n) is 61.4. The third-order valence-corrected chi connectivity index (χ3v) is 22.6. The molecule has 0 amide bonds. The number of aromatic nitrogens is 4. The molecule has 0 saturated heterocycles. The van der Waals surface area contributed by atoms with E-state index in [0.717, 1.165) is 22.7 Å². The summed E-state index contributed by atoms with van der Waals surface area (Å²) in [5.74, 6) is 0. The first-order valence-corrected chi connectivity index (χ1v) is 38.5. The molecule has 4 heterocycles. The van der Waals surface area contributed by atoms with Gasteiger partial charge >= 0.3 is 0 Å². The van der Waals surface area contributed by atoms with E-state index >= 15 is 0 Å². The summed E-state index contributed by atoms with van der Waals surface area (Å²) in [6.07, 6.45) is 0. The number of fused-ring (bicyclic) bond motifs is 12. The normalized spacial score (nSPS) is 11.6. The Balaban J connectivity index is 0.000000141. The number of benzene rings is 18. The largest absolute Gasteiger partial charge is 0.309 e. The summed E-state index contributed by atoms with van der Waals surface area (Å²) in [5.41, 5.74) is 33.4. The Morgan fingerprint density at radius 3 is 0.786 bits per heavy atom. The highest BCUT2D eigenvalue weighted by molar-refractivity contribution is 6.15. The van der Waals surface area contributed by atoms with Crippen LogP contribution in [0.25, 0.3) is 199 Å². The molecule has 0 aliphatic carbocycles. The minimum Gasteiger partial charge on any atom is -0.309 e. The number of para-hydroxylation sites is 4. The lowest BCUT2D eigenvalue weighted by molar-refractivity contribution is 1.18. The predicted molar refractivity (Wildman–Crippen MR) is 474 cm³/mol. The van der Waals surface area contributed by atoms with Crippen LogP contribution in [0.2, 0.25) is 0 Å². The Labute approximate surface area is 649 Å². The second-order valence-corrected chi connectivity index (χ2v) is 29.1. The average molecular weight is 1430 g/mol. The van der Waals surface area contributed by atoms with Gasteiger partial charge in [0.2, 0.25) is 0 Å². The molecule has 0 atom stereocenters. The molecule has 22 aromatic rings. The van der Waals surface area contributed by atoms with Gasteiger partial charge in [-0.15, -0.1) is 0 Å². The third kappa shape index (κ3) is 11.6. The number of hydrogen-bond acceptors (Lipinski definition) is 0. The van der Waals surface area contributed by atoms with Crippen molar-refractivity contribution >= 4 is 87.2 Å². The Kier molecular flexibility index (Phi) is 16.2. The van der Waals surface area contributed by atoms with Crippen molar-refractivity contribution in [3.63, 3.8) is 0 Å². The van der Waals surface area contributed by atoms with E-state index in [4.69, 9.17) is 0 Å². The van der Waals surface area contributed by atoms with Crippen molar-refractivity contribution < 1.29 is 0 Å². The molecule has 0 radical (unpaired) electrons. The maximum atomic E-state index is 2.44. The minimum absolute atomic E-state index is 1.14. The Morgan fingerprint density at radius 1 is 0.107 bits per heavy atom. The van der Waals surface area contributed by atoms with Gasteiger partial charge in [0.15, 0.2) is 0 Å². The summed E-state index contributed by atoms with van der Waals surface area (Å²) in [7, 11) is 0. The van der Waals surface area contributed by atoms with Gasteiger partial charge in [-0.05, 0) is 204 Å². The van der Waals surface area contributed by atoms with Gasteiger partial charge in [0.05, 0.1) is 44.1 Å². The van der Waals surface area contributed by atoms with Gasteiger partial charge in [0.25, 0.3) is 0 Å². The lowest BCUT2D eigenvalue weighted by Crippen LogP contribution is -1.96. The summed E-state index contributed by atoms with van der Waals surface area (Å²) in [6, 6.07) is 159. The van der Waals surface area contributed by atoms with Crippen molar-refractivity contribution in [2.75, 3.05) is 0 Å². The van der Waals surface area contributed by atoms with E-state index in [1.165, 1.54) is 176 Å².